The first kappa shape index (κ1) is 18.6. The SMILES string of the molecule is COc1cc2c(cc1OC)[C@H]([C@@H](c1ccccc1)c1ccc(C)cc1)NCC2. The number of methoxy groups -OCH3 is 2. The molecule has 3 aromatic carbocycles. The van der Waals surface area contributed by atoms with Gasteiger partial charge in [-0.3, -0.25) is 0 Å². The summed E-state index contributed by atoms with van der Waals surface area (Å²) in [6.45, 7) is 3.08. The lowest BCUT2D eigenvalue weighted by Gasteiger charge is -2.35. The summed E-state index contributed by atoms with van der Waals surface area (Å²) in [7, 11) is 3.39. The summed E-state index contributed by atoms with van der Waals surface area (Å²) in [6.07, 6.45) is 0.988. The average Bonchev–Trinajstić information content (AvgIpc) is 2.75. The summed E-state index contributed by atoms with van der Waals surface area (Å²) in [5, 5.41) is 3.78. The van der Waals surface area contributed by atoms with Gasteiger partial charge in [-0.2, -0.15) is 0 Å². The Labute approximate surface area is 167 Å². The number of ether oxygens (including phenoxy) is 2. The van der Waals surface area contributed by atoms with Crippen molar-refractivity contribution in [2.45, 2.75) is 25.3 Å². The molecule has 3 aromatic rings. The van der Waals surface area contributed by atoms with Crippen molar-refractivity contribution in [2.75, 3.05) is 20.8 Å². The highest BCUT2D eigenvalue weighted by Gasteiger charge is 2.31. The normalized spacial score (nSPS) is 16.9. The van der Waals surface area contributed by atoms with Crippen LogP contribution in [0.2, 0.25) is 0 Å². The predicted octanol–water partition coefficient (Wildman–Crippen LogP) is 5.03. The number of fused-ring (bicyclic) bond motifs is 1. The fourth-order valence-corrected chi connectivity index (χ4v) is 4.22. The van der Waals surface area contributed by atoms with Gasteiger partial charge in [0.25, 0.3) is 0 Å². The summed E-state index contributed by atoms with van der Waals surface area (Å²) in [5.74, 6) is 1.80. The van der Waals surface area contributed by atoms with Gasteiger partial charge in [0, 0.05) is 12.0 Å². The zero-order valence-corrected chi connectivity index (χ0v) is 16.7. The zero-order chi connectivity index (χ0) is 19.5. The van der Waals surface area contributed by atoms with E-state index in [1.807, 2.05) is 0 Å². The third-order valence-electron chi connectivity index (χ3n) is 5.67. The van der Waals surface area contributed by atoms with Crippen LogP contribution in [-0.4, -0.2) is 20.8 Å². The monoisotopic (exact) mass is 373 g/mol. The van der Waals surface area contributed by atoms with Crippen LogP contribution in [0, 0.1) is 6.92 Å². The van der Waals surface area contributed by atoms with Crippen LogP contribution in [0.15, 0.2) is 66.7 Å². The van der Waals surface area contributed by atoms with Gasteiger partial charge in [-0.05, 0) is 54.3 Å². The Morgan fingerprint density at radius 1 is 0.857 bits per heavy atom. The summed E-state index contributed by atoms with van der Waals surface area (Å²) in [6, 6.07) is 24.1. The molecule has 0 amide bonds. The first-order valence-electron chi connectivity index (χ1n) is 9.81. The van der Waals surface area contributed by atoms with Crippen molar-refractivity contribution in [2.24, 2.45) is 0 Å². The van der Waals surface area contributed by atoms with Gasteiger partial charge in [0.15, 0.2) is 11.5 Å². The molecule has 1 aliphatic heterocycles. The van der Waals surface area contributed by atoms with Crippen LogP contribution in [0.25, 0.3) is 0 Å². The second-order valence-electron chi connectivity index (χ2n) is 7.39. The second kappa shape index (κ2) is 8.07. The predicted molar refractivity (Wildman–Crippen MR) is 113 cm³/mol. The van der Waals surface area contributed by atoms with Crippen molar-refractivity contribution in [3.8, 4) is 11.5 Å². The third kappa shape index (κ3) is 3.50. The Kier molecular flexibility index (Phi) is 5.36. The highest BCUT2D eigenvalue weighted by Crippen LogP contribution is 2.43. The fraction of sp³-hybridized carbons (Fsp3) is 0.280. The number of hydrogen-bond donors (Lipinski definition) is 1. The van der Waals surface area contributed by atoms with Crippen LogP contribution < -0.4 is 14.8 Å². The molecular weight excluding hydrogens is 346 g/mol. The number of benzene rings is 3. The van der Waals surface area contributed by atoms with Gasteiger partial charge in [-0.25, -0.2) is 0 Å². The van der Waals surface area contributed by atoms with E-state index in [0.29, 0.717) is 0 Å². The van der Waals surface area contributed by atoms with Gasteiger partial charge >= 0.3 is 0 Å². The van der Waals surface area contributed by atoms with Crippen LogP contribution in [0.5, 0.6) is 11.5 Å². The first-order valence-corrected chi connectivity index (χ1v) is 9.81. The summed E-state index contributed by atoms with van der Waals surface area (Å²) >= 11 is 0. The second-order valence-corrected chi connectivity index (χ2v) is 7.39. The van der Waals surface area contributed by atoms with Crippen LogP contribution in [0.3, 0.4) is 0 Å². The molecule has 0 saturated heterocycles. The van der Waals surface area contributed by atoms with Crippen molar-refractivity contribution in [3.63, 3.8) is 0 Å². The molecule has 0 saturated carbocycles. The Bertz CT molecular complexity index is 935. The van der Waals surface area contributed by atoms with Crippen molar-refractivity contribution >= 4 is 0 Å². The first-order chi connectivity index (χ1) is 13.7. The molecule has 4 rings (SSSR count). The molecule has 144 valence electrons. The van der Waals surface area contributed by atoms with E-state index in [1.54, 1.807) is 14.2 Å². The van der Waals surface area contributed by atoms with E-state index in [9.17, 15) is 0 Å². The molecule has 3 heteroatoms. The van der Waals surface area contributed by atoms with E-state index in [1.165, 1.54) is 27.8 Å². The number of rotatable bonds is 5. The highest BCUT2D eigenvalue weighted by molar-refractivity contribution is 5.51. The number of nitrogens with one attached hydrogen (secondary N) is 1. The number of aryl methyl sites for hydroxylation is 1. The zero-order valence-electron chi connectivity index (χ0n) is 16.7. The minimum Gasteiger partial charge on any atom is -0.493 e. The Balaban J connectivity index is 1.85. The maximum atomic E-state index is 5.60. The van der Waals surface area contributed by atoms with Gasteiger partial charge in [0.05, 0.1) is 14.2 Å². The van der Waals surface area contributed by atoms with E-state index in [0.717, 1.165) is 24.5 Å². The molecule has 1 N–H and O–H groups in total. The van der Waals surface area contributed by atoms with Gasteiger partial charge in [-0.1, -0.05) is 60.2 Å². The van der Waals surface area contributed by atoms with Gasteiger partial charge in [0.1, 0.15) is 0 Å². The molecule has 0 fully saturated rings. The molecule has 1 aliphatic rings. The van der Waals surface area contributed by atoms with Crippen LogP contribution >= 0.6 is 0 Å². The van der Waals surface area contributed by atoms with Crippen molar-refractivity contribution in [1.82, 2.24) is 5.32 Å². The fourth-order valence-electron chi connectivity index (χ4n) is 4.22. The van der Waals surface area contributed by atoms with Gasteiger partial charge < -0.3 is 14.8 Å². The Morgan fingerprint density at radius 2 is 1.50 bits per heavy atom. The molecule has 28 heavy (non-hydrogen) atoms. The molecule has 2 atom stereocenters. The number of hydrogen-bond acceptors (Lipinski definition) is 3. The third-order valence-corrected chi connectivity index (χ3v) is 5.67. The standard InChI is InChI=1S/C25H27NO2/c1-17-9-11-19(12-10-17)24(18-7-5-4-6-8-18)25-21-16-23(28-3)22(27-2)15-20(21)13-14-26-25/h4-12,15-16,24-26H,13-14H2,1-3H3/t24-,25+/m0/s1. The summed E-state index contributed by atoms with van der Waals surface area (Å²) < 4.78 is 11.1. The lowest BCUT2D eigenvalue weighted by atomic mass is 9.78. The van der Waals surface area contributed by atoms with Crippen LogP contribution in [0.1, 0.15) is 39.8 Å². The molecule has 0 unspecified atom stereocenters. The maximum Gasteiger partial charge on any atom is 0.161 e. The quantitative estimate of drug-likeness (QED) is 0.680. The van der Waals surface area contributed by atoms with E-state index in [4.69, 9.17) is 9.47 Å². The molecule has 0 bridgehead atoms. The summed E-state index contributed by atoms with van der Waals surface area (Å²) in [5.41, 5.74) is 6.52. The van der Waals surface area contributed by atoms with Crippen LogP contribution in [0.4, 0.5) is 0 Å². The molecule has 3 nitrogen and oxygen atoms in total. The lowest BCUT2D eigenvalue weighted by Crippen LogP contribution is -2.34. The molecule has 0 spiro atoms. The van der Waals surface area contributed by atoms with Gasteiger partial charge in [-0.15, -0.1) is 0 Å². The van der Waals surface area contributed by atoms with Crippen molar-refractivity contribution in [3.05, 3.63) is 94.5 Å². The smallest absolute Gasteiger partial charge is 0.161 e. The average molecular weight is 373 g/mol. The topological polar surface area (TPSA) is 30.5 Å². The van der Waals surface area contributed by atoms with Gasteiger partial charge in [0.2, 0.25) is 0 Å². The highest BCUT2D eigenvalue weighted by atomic mass is 16.5. The molecule has 0 aromatic heterocycles. The molecule has 0 aliphatic carbocycles. The Hall–Kier alpha value is -2.78. The van der Waals surface area contributed by atoms with Crippen LogP contribution in [-0.2, 0) is 6.42 Å². The molecular formula is C25H27NO2. The summed E-state index contributed by atoms with van der Waals surface area (Å²) in [4.78, 5) is 0. The van der Waals surface area contributed by atoms with E-state index in [-0.39, 0.29) is 12.0 Å². The van der Waals surface area contributed by atoms with E-state index < -0.39 is 0 Å². The van der Waals surface area contributed by atoms with Crippen molar-refractivity contribution in [1.29, 1.82) is 0 Å². The molecule has 0 radical (unpaired) electrons. The minimum atomic E-state index is 0.175. The Morgan fingerprint density at radius 3 is 2.18 bits per heavy atom. The molecule has 1 heterocycles. The van der Waals surface area contributed by atoms with Crippen molar-refractivity contribution < 1.29 is 9.47 Å². The lowest BCUT2D eigenvalue weighted by molar-refractivity contribution is 0.351. The van der Waals surface area contributed by atoms with E-state index in [2.05, 4.69) is 79.0 Å². The minimum absolute atomic E-state index is 0.175. The van der Waals surface area contributed by atoms with E-state index >= 15 is 0 Å². The maximum absolute atomic E-state index is 5.60. The largest absolute Gasteiger partial charge is 0.493 e.